The van der Waals surface area contributed by atoms with Crippen LogP contribution in [0.2, 0.25) is 0 Å². The van der Waals surface area contributed by atoms with E-state index >= 15 is 0 Å². The van der Waals surface area contributed by atoms with Crippen LogP contribution in [0.4, 0.5) is 0 Å². The second-order valence-corrected chi connectivity index (χ2v) is 5.15. The molecule has 0 N–H and O–H groups in total. The van der Waals surface area contributed by atoms with Crippen LogP contribution in [0.25, 0.3) is 0 Å². The van der Waals surface area contributed by atoms with Gasteiger partial charge in [-0.3, -0.25) is 0 Å². The van der Waals surface area contributed by atoms with Crippen LogP contribution >= 0.6 is 11.6 Å². The van der Waals surface area contributed by atoms with E-state index in [1.54, 1.807) is 0 Å². The lowest BCUT2D eigenvalue weighted by molar-refractivity contribution is 0.306. The Hall–Kier alpha value is -1.47. The minimum atomic E-state index is 0.168. The molecule has 0 fully saturated rings. The Morgan fingerprint density at radius 1 is 0.944 bits per heavy atom. The number of hydrogen-bond donors (Lipinski definition) is 0. The van der Waals surface area contributed by atoms with E-state index in [4.69, 9.17) is 16.3 Å². The van der Waals surface area contributed by atoms with Crippen LogP contribution in [0.15, 0.2) is 54.6 Å². The summed E-state index contributed by atoms with van der Waals surface area (Å²) < 4.78 is 5.72. The Kier molecular flexibility index (Phi) is 4.66. The van der Waals surface area contributed by atoms with Crippen molar-refractivity contribution >= 4 is 11.6 Å². The zero-order valence-electron chi connectivity index (χ0n) is 10.5. The predicted octanol–water partition coefficient (Wildman–Crippen LogP) is 4.44. The zero-order chi connectivity index (χ0) is 12.8. The third-order valence-corrected chi connectivity index (χ3v) is 2.84. The molecule has 0 aliphatic carbocycles. The van der Waals surface area contributed by atoms with Gasteiger partial charge in [0.1, 0.15) is 12.4 Å². The fourth-order valence-corrected chi connectivity index (χ4v) is 1.97. The summed E-state index contributed by atoms with van der Waals surface area (Å²) in [5, 5.41) is 0.168. The maximum absolute atomic E-state index is 5.96. The average Bonchev–Trinajstić information content (AvgIpc) is 2.38. The molecule has 0 saturated carbocycles. The van der Waals surface area contributed by atoms with Gasteiger partial charge in [0.15, 0.2) is 0 Å². The molecule has 0 bridgehead atoms. The topological polar surface area (TPSA) is 9.23 Å². The van der Waals surface area contributed by atoms with E-state index in [1.807, 2.05) is 37.3 Å². The lowest BCUT2D eigenvalue weighted by atomic mass is 10.1. The van der Waals surface area contributed by atoms with Crippen LogP contribution in [-0.4, -0.2) is 5.38 Å². The summed E-state index contributed by atoms with van der Waals surface area (Å²) in [5.74, 6) is 0.893. The van der Waals surface area contributed by atoms with Crippen molar-refractivity contribution in [2.75, 3.05) is 0 Å². The van der Waals surface area contributed by atoms with E-state index in [0.29, 0.717) is 6.61 Å². The van der Waals surface area contributed by atoms with Crippen LogP contribution in [-0.2, 0) is 13.0 Å². The van der Waals surface area contributed by atoms with Gasteiger partial charge >= 0.3 is 0 Å². The quantitative estimate of drug-likeness (QED) is 0.723. The predicted molar refractivity (Wildman–Crippen MR) is 76.2 cm³/mol. The van der Waals surface area contributed by atoms with Crippen molar-refractivity contribution in [3.63, 3.8) is 0 Å². The molecule has 0 amide bonds. The summed E-state index contributed by atoms with van der Waals surface area (Å²) in [5.41, 5.74) is 2.42. The Morgan fingerprint density at radius 3 is 2.22 bits per heavy atom. The first-order valence-corrected chi connectivity index (χ1v) is 6.57. The van der Waals surface area contributed by atoms with Crippen LogP contribution in [0.3, 0.4) is 0 Å². The van der Waals surface area contributed by atoms with Gasteiger partial charge in [0, 0.05) is 5.38 Å². The summed E-state index contributed by atoms with van der Waals surface area (Å²) in [4.78, 5) is 0. The molecule has 2 aromatic carbocycles. The fraction of sp³-hybridized carbons (Fsp3) is 0.250. The molecule has 2 rings (SSSR count). The lowest BCUT2D eigenvalue weighted by Crippen LogP contribution is -1.98. The maximum Gasteiger partial charge on any atom is 0.119 e. The third kappa shape index (κ3) is 4.08. The molecule has 0 radical (unpaired) electrons. The molecule has 1 unspecified atom stereocenters. The summed E-state index contributed by atoms with van der Waals surface area (Å²) in [6, 6.07) is 18.3. The third-order valence-electron chi connectivity index (χ3n) is 2.69. The second kappa shape index (κ2) is 6.46. The highest BCUT2D eigenvalue weighted by atomic mass is 35.5. The van der Waals surface area contributed by atoms with Crippen molar-refractivity contribution in [3.8, 4) is 5.75 Å². The minimum absolute atomic E-state index is 0.168. The van der Waals surface area contributed by atoms with Gasteiger partial charge in [-0.05, 0) is 36.6 Å². The molecule has 1 atom stereocenters. The standard InChI is InChI=1S/C16H17ClO/c1-13(17)11-14-7-9-16(10-8-14)18-12-15-5-3-2-4-6-15/h2-10,13H,11-12H2,1H3. The highest BCUT2D eigenvalue weighted by molar-refractivity contribution is 6.20. The van der Waals surface area contributed by atoms with E-state index in [9.17, 15) is 0 Å². The molecule has 94 valence electrons. The summed E-state index contributed by atoms with van der Waals surface area (Å²) in [6.45, 7) is 2.60. The smallest absolute Gasteiger partial charge is 0.119 e. The van der Waals surface area contributed by atoms with Gasteiger partial charge in [-0.1, -0.05) is 42.5 Å². The van der Waals surface area contributed by atoms with Crippen molar-refractivity contribution in [3.05, 3.63) is 65.7 Å². The van der Waals surface area contributed by atoms with Crippen molar-refractivity contribution in [2.24, 2.45) is 0 Å². The van der Waals surface area contributed by atoms with Crippen molar-refractivity contribution in [1.82, 2.24) is 0 Å². The Morgan fingerprint density at radius 2 is 1.61 bits per heavy atom. The highest BCUT2D eigenvalue weighted by Gasteiger charge is 2.00. The van der Waals surface area contributed by atoms with E-state index in [0.717, 1.165) is 12.2 Å². The Labute approximate surface area is 113 Å². The van der Waals surface area contributed by atoms with Crippen molar-refractivity contribution in [1.29, 1.82) is 0 Å². The van der Waals surface area contributed by atoms with Gasteiger partial charge in [0.25, 0.3) is 0 Å². The van der Waals surface area contributed by atoms with Gasteiger partial charge in [0.05, 0.1) is 0 Å². The van der Waals surface area contributed by atoms with Crippen LogP contribution < -0.4 is 4.74 Å². The first-order chi connectivity index (χ1) is 8.74. The first kappa shape index (κ1) is 13.0. The molecular weight excluding hydrogens is 244 g/mol. The number of benzene rings is 2. The number of alkyl halides is 1. The largest absolute Gasteiger partial charge is 0.489 e. The van der Waals surface area contributed by atoms with E-state index in [1.165, 1.54) is 11.1 Å². The fourth-order valence-electron chi connectivity index (χ4n) is 1.79. The van der Waals surface area contributed by atoms with Gasteiger partial charge in [-0.25, -0.2) is 0 Å². The van der Waals surface area contributed by atoms with Gasteiger partial charge < -0.3 is 4.74 Å². The van der Waals surface area contributed by atoms with Crippen molar-refractivity contribution < 1.29 is 4.74 Å². The van der Waals surface area contributed by atoms with Gasteiger partial charge in [0.2, 0.25) is 0 Å². The number of ether oxygens (including phenoxy) is 1. The SMILES string of the molecule is CC(Cl)Cc1ccc(OCc2ccccc2)cc1. The number of halogens is 1. The summed E-state index contributed by atoms with van der Waals surface area (Å²) >= 11 is 5.96. The van der Waals surface area contributed by atoms with Gasteiger partial charge in [-0.15, -0.1) is 11.6 Å². The number of hydrogen-bond acceptors (Lipinski definition) is 1. The minimum Gasteiger partial charge on any atom is -0.489 e. The lowest BCUT2D eigenvalue weighted by Gasteiger charge is -2.08. The maximum atomic E-state index is 5.96. The van der Waals surface area contributed by atoms with Crippen LogP contribution in [0.1, 0.15) is 18.1 Å². The van der Waals surface area contributed by atoms with E-state index in [-0.39, 0.29) is 5.38 Å². The Bertz CT molecular complexity index is 462. The van der Waals surface area contributed by atoms with Crippen LogP contribution in [0.5, 0.6) is 5.75 Å². The molecule has 0 heterocycles. The Balaban J connectivity index is 1.90. The molecule has 2 heteroatoms. The molecular formula is C16H17ClO. The zero-order valence-corrected chi connectivity index (χ0v) is 11.2. The number of rotatable bonds is 5. The molecule has 1 nitrogen and oxygen atoms in total. The average molecular weight is 261 g/mol. The van der Waals surface area contributed by atoms with Crippen LogP contribution in [0, 0.1) is 0 Å². The summed E-state index contributed by atoms with van der Waals surface area (Å²) in [7, 11) is 0. The molecule has 0 spiro atoms. The first-order valence-electron chi connectivity index (χ1n) is 6.14. The van der Waals surface area contributed by atoms with E-state index in [2.05, 4.69) is 24.3 Å². The molecule has 0 aliphatic heterocycles. The monoisotopic (exact) mass is 260 g/mol. The highest BCUT2D eigenvalue weighted by Crippen LogP contribution is 2.16. The molecule has 0 aliphatic rings. The normalized spacial score (nSPS) is 12.1. The van der Waals surface area contributed by atoms with Crippen molar-refractivity contribution in [2.45, 2.75) is 25.3 Å². The molecule has 0 aromatic heterocycles. The second-order valence-electron chi connectivity index (χ2n) is 4.40. The summed E-state index contributed by atoms with van der Waals surface area (Å²) in [6.07, 6.45) is 0.889. The van der Waals surface area contributed by atoms with E-state index < -0.39 is 0 Å². The van der Waals surface area contributed by atoms with Gasteiger partial charge in [-0.2, -0.15) is 0 Å². The molecule has 18 heavy (non-hydrogen) atoms. The molecule has 0 saturated heterocycles. The molecule has 2 aromatic rings.